The number of aliphatic carboxylic acids is 1. The second-order valence-corrected chi connectivity index (χ2v) is 13.3. The number of tetrazole rings is 1. The van der Waals surface area contributed by atoms with Gasteiger partial charge in [0.15, 0.2) is 11.6 Å². The third-order valence-electron chi connectivity index (χ3n) is 9.62. The van der Waals surface area contributed by atoms with E-state index in [1.807, 2.05) is 12.1 Å². The molecule has 2 aliphatic rings. The Morgan fingerprint density at radius 1 is 0.963 bits per heavy atom. The Labute approximate surface area is 313 Å². The average molecular weight is 759 g/mol. The van der Waals surface area contributed by atoms with E-state index in [9.17, 15) is 29.1 Å². The molecule has 54 heavy (non-hydrogen) atoms. The summed E-state index contributed by atoms with van der Waals surface area (Å²) >= 11 is 6.08. The van der Waals surface area contributed by atoms with E-state index in [0.29, 0.717) is 43.7 Å². The summed E-state index contributed by atoms with van der Waals surface area (Å²) in [6.07, 6.45) is 4.09. The highest BCUT2D eigenvalue weighted by Crippen LogP contribution is 2.38. The number of carbonyl (C=O) groups excluding carboxylic acids is 3. The maximum atomic E-state index is 15.3. The van der Waals surface area contributed by atoms with Crippen molar-refractivity contribution in [1.82, 2.24) is 30.0 Å². The Kier molecular flexibility index (Phi) is 11.4. The molecular formula is C37H36ClFN8O7. The quantitative estimate of drug-likeness (QED) is 0.179. The van der Waals surface area contributed by atoms with Gasteiger partial charge in [-0.15, -0.1) is 5.10 Å². The smallest absolute Gasteiger partial charge is 0.335 e. The Balaban J connectivity index is 1.28. The maximum absolute atomic E-state index is 15.3. The van der Waals surface area contributed by atoms with Crippen LogP contribution in [0.15, 0.2) is 67.0 Å². The summed E-state index contributed by atoms with van der Waals surface area (Å²) in [7, 11) is 0. The van der Waals surface area contributed by atoms with Gasteiger partial charge in [-0.05, 0) is 76.4 Å². The van der Waals surface area contributed by atoms with Crippen LogP contribution < -0.4 is 10.6 Å². The molecule has 0 aliphatic carbocycles. The normalized spacial score (nSPS) is 16.3. The van der Waals surface area contributed by atoms with Gasteiger partial charge in [0.1, 0.15) is 18.4 Å². The van der Waals surface area contributed by atoms with E-state index in [1.54, 1.807) is 23.1 Å². The fraction of sp³-hybridized carbons (Fsp3) is 0.297. The molecule has 1 saturated heterocycles. The van der Waals surface area contributed by atoms with E-state index in [0.717, 1.165) is 11.3 Å². The van der Waals surface area contributed by atoms with Gasteiger partial charge in [-0.3, -0.25) is 19.2 Å². The summed E-state index contributed by atoms with van der Waals surface area (Å²) in [6, 6.07) is 12.2. The molecule has 2 aliphatic heterocycles. The molecule has 17 heteroatoms. The minimum absolute atomic E-state index is 0.0261. The summed E-state index contributed by atoms with van der Waals surface area (Å²) in [4.78, 5) is 68.8. The van der Waals surface area contributed by atoms with Gasteiger partial charge in [0, 0.05) is 62.9 Å². The first-order valence-electron chi connectivity index (χ1n) is 17.1. The lowest BCUT2D eigenvalue weighted by Gasteiger charge is -2.41. The highest BCUT2D eigenvalue weighted by Gasteiger charge is 2.37. The third-order valence-corrected chi connectivity index (χ3v) is 9.91. The molecule has 3 aromatic carbocycles. The molecule has 1 aromatic heterocycles. The van der Waals surface area contributed by atoms with Crippen LogP contribution in [0.3, 0.4) is 0 Å². The number of piperazine rings is 1. The zero-order valence-corrected chi connectivity index (χ0v) is 29.6. The van der Waals surface area contributed by atoms with Crippen LogP contribution in [0.5, 0.6) is 0 Å². The van der Waals surface area contributed by atoms with Crippen LogP contribution in [0.1, 0.15) is 51.5 Å². The van der Waals surface area contributed by atoms with Crippen molar-refractivity contribution in [3.8, 4) is 5.69 Å². The molecule has 0 bridgehead atoms. The second kappa shape index (κ2) is 16.3. The van der Waals surface area contributed by atoms with Gasteiger partial charge in [0.2, 0.25) is 11.8 Å². The van der Waals surface area contributed by atoms with E-state index < -0.39 is 35.7 Å². The fourth-order valence-electron chi connectivity index (χ4n) is 6.79. The molecule has 4 aromatic rings. The number of hydrogen-bond donors (Lipinski definition) is 3. The van der Waals surface area contributed by atoms with Crippen LogP contribution >= 0.6 is 11.6 Å². The number of halogens is 2. The van der Waals surface area contributed by atoms with E-state index in [2.05, 4.69) is 20.4 Å². The highest BCUT2D eigenvalue weighted by atomic mass is 35.5. The molecule has 0 saturated carbocycles. The van der Waals surface area contributed by atoms with Crippen molar-refractivity contribution in [2.45, 2.75) is 37.8 Å². The molecule has 0 radical (unpaired) electrons. The lowest BCUT2D eigenvalue weighted by molar-refractivity contribution is -0.139. The summed E-state index contributed by atoms with van der Waals surface area (Å²) in [5.74, 6) is -4.08. The lowest BCUT2D eigenvalue weighted by Crippen LogP contribution is -2.50. The molecule has 15 nitrogen and oxygen atoms in total. The molecule has 2 amide bonds. The summed E-state index contributed by atoms with van der Waals surface area (Å²) < 4.78 is 16.6. The summed E-state index contributed by atoms with van der Waals surface area (Å²) in [5.41, 5.74) is 8.78. The Bertz CT molecular complexity index is 2100. The second-order valence-electron chi connectivity index (χ2n) is 12.9. The number of aromatic carboxylic acids is 1. The standard InChI is InChI=1S/C37H36ClFN8O7/c38-27-9-11-30(47-21-41-42-43-47)26(34(27)39)8-12-33(50)46-15-14-24-25(35(46)31(48)20-22-4-6-23(7-5-22)36(51)52)2-1-3-29(24)44-16-18-45(19-17-44)32(49)13-10-28(40)37(53)54/h1-9,11-12,21,28,35H,10,13-20,40H2,(H,51,52)(H,53,54)/b12-8+/t28-,35-/m0/s1. The van der Waals surface area contributed by atoms with Gasteiger partial charge in [0.05, 0.1) is 16.3 Å². The summed E-state index contributed by atoms with van der Waals surface area (Å²) in [5, 5.41) is 29.2. The number of carbonyl (C=O) groups is 5. The number of fused-ring (bicyclic) bond motifs is 1. The number of nitrogens with zero attached hydrogens (tertiary/aromatic N) is 7. The Hall–Kier alpha value is -6.00. The van der Waals surface area contributed by atoms with Gasteiger partial charge in [-0.25, -0.2) is 9.18 Å². The number of aromatic nitrogens is 4. The van der Waals surface area contributed by atoms with E-state index in [1.165, 1.54) is 52.3 Å². The number of Topliss-reactive ketones (excluding diaryl/α,β-unsaturated/α-hetero) is 1. The van der Waals surface area contributed by atoms with Crippen molar-refractivity contribution in [3.63, 3.8) is 0 Å². The molecule has 280 valence electrons. The maximum Gasteiger partial charge on any atom is 0.335 e. The first kappa shape index (κ1) is 37.7. The number of hydrogen-bond acceptors (Lipinski definition) is 10. The number of ketones is 1. The van der Waals surface area contributed by atoms with Crippen LogP contribution in [0.4, 0.5) is 10.1 Å². The van der Waals surface area contributed by atoms with Gasteiger partial charge < -0.3 is 30.6 Å². The molecule has 3 heterocycles. The number of amides is 2. The fourth-order valence-corrected chi connectivity index (χ4v) is 6.95. The number of benzene rings is 3. The van der Waals surface area contributed by atoms with Crippen LogP contribution in [0.2, 0.25) is 5.02 Å². The average Bonchev–Trinajstić information content (AvgIpc) is 3.71. The van der Waals surface area contributed by atoms with Gasteiger partial charge in [-0.2, -0.15) is 4.68 Å². The topological polar surface area (TPSA) is 205 Å². The first-order chi connectivity index (χ1) is 25.9. The third kappa shape index (κ3) is 8.14. The van der Waals surface area contributed by atoms with Gasteiger partial charge in [-0.1, -0.05) is 35.9 Å². The molecule has 4 N–H and O–H groups in total. The molecular weight excluding hydrogens is 723 g/mol. The van der Waals surface area contributed by atoms with Crippen molar-refractivity contribution >= 4 is 52.9 Å². The van der Waals surface area contributed by atoms with Crippen LogP contribution in [-0.2, 0) is 32.0 Å². The van der Waals surface area contributed by atoms with Crippen LogP contribution in [0, 0.1) is 5.82 Å². The molecule has 0 spiro atoms. The minimum atomic E-state index is -1.16. The number of nitrogens with two attached hydrogens (primary N) is 1. The highest BCUT2D eigenvalue weighted by molar-refractivity contribution is 6.31. The van der Waals surface area contributed by atoms with Gasteiger partial charge in [0.25, 0.3) is 0 Å². The minimum Gasteiger partial charge on any atom is -0.480 e. The molecule has 1 fully saturated rings. The summed E-state index contributed by atoms with van der Waals surface area (Å²) in [6.45, 7) is 1.94. The molecule has 0 unspecified atom stereocenters. The number of carboxylic acid groups (broad SMARTS) is 2. The van der Waals surface area contributed by atoms with Crippen molar-refractivity contribution < 1.29 is 38.6 Å². The van der Waals surface area contributed by atoms with Gasteiger partial charge >= 0.3 is 11.9 Å². The van der Waals surface area contributed by atoms with Crippen molar-refractivity contribution in [3.05, 3.63) is 106 Å². The Morgan fingerprint density at radius 3 is 2.37 bits per heavy atom. The van der Waals surface area contributed by atoms with Crippen LogP contribution in [-0.4, -0.2) is 109 Å². The van der Waals surface area contributed by atoms with Crippen molar-refractivity contribution in [1.29, 1.82) is 0 Å². The number of rotatable bonds is 12. The zero-order valence-electron chi connectivity index (χ0n) is 28.8. The van der Waals surface area contributed by atoms with E-state index >= 15 is 4.39 Å². The first-order valence-corrected chi connectivity index (χ1v) is 17.5. The number of anilines is 1. The predicted octanol–water partition coefficient (Wildman–Crippen LogP) is 2.94. The predicted molar refractivity (Wildman–Crippen MR) is 194 cm³/mol. The Morgan fingerprint density at radius 2 is 1.70 bits per heavy atom. The van der Waals surface area contributed by atoms with Crippen molar-refractivity contribution in [2.75, 3.05) is 37.6 Å². The van der Waals surface area contributed by atoms with Crippen LogP contribution in [0.25, 0.3) is 11.8 Å². The molecule has 2 atom stereocenters. The lowest BCUT2D eigenvalue weighted by atomic mass is 9.86. The molecule has 6 rings (SSSR count). The van der Waals surface area contributed by atoms with Crippen molar-refractivity contribution in [2.24, 2.45) is 5.73 Å². The van der Waals surface area contributed by atoms with E-state index in [-0.39, 0.29) is 59.3 Å². The SMILES string of the molecule is N[C@@H](CCC(=O)N1CCN(c2cccc3c2CCN(C(=O)/C=C/c2c(-n4cnnn4)ccc(Cl)c2F)[C@@H]3C(=O)Cc2ccc(C(=O)O)cc2)CC1)C(=O)O. The van der Waals surface area contributed by atoms with E-state index in [4.69, 9.17) is 22.4 Å². The zero-order chi connectivity index (χ0) is 38.5. The largest absolute Gasteiger partial charge is 0.480 e. The monoisotopic (exact) mass is 758 g/mol. The number of carboxylic acids is 2.